The molecule has 1 aliphatic heterocycles. The molecular weight excluding hydrogens is 459 g/mol. The van der Waals surface area contributed by atoms with Crippen molar-refractivity contribution in [2.75, 3.05) is 0 Å². The summed E-state index contributed by atoms with van der Waals surface area (Å²) < 4.78 is 5.76. The predicted octanol–water partition coefficient (Wildman–Crippen LogP) is 5.37. The summed E-state index contributed by atoms with van der Waals surface area (Å²) in [5.41, 5.74) is 1.44. The third-order valence-electron chi connectivity index (χ3n) is 6.12. The largest absolute Gasteiger partial charge is 0.487 e. The molecule has 5 rings (SSSR count). The van der Waals surface area contributed by atoms with Crippen molar-refractivity contribution in [3.05, 3.63) is 74.7 Å². The lowest BCUT2D eigenvalue weighted by Crippen LogP contribution is -2.28. The van der Waals surface area contributed by atoms with E-state index >= 15 is 0 Å². The molecule has 2 bridgehead atoms. The number of fused-ring (bicyclic) bond motifs is 5. The zero-order valence-corrected chi connectivity index (χ0v) is 18.4. The van der Waals surface area contributed by atoms with E-state index in [1.54, 1.807) is 36.4 Å². The van der Waals surface area contributed by atoms with Crippen LogP contribution in [0.1, 0.15) is 17.5 Å². The van der Waals surface area contributed by atoms with Gasteiger partial charge in [0.15, 0.2) is 0 Å². The molecule has 1 saturated heterocycles. The second kappa shape index (κ2) is 7.97. The predicted molar refractivity (Wildman–Crippen MR) is 119 cm³/mol. The first-order chi connectivity index (χ1) is 14.9. The highest BCUT2D eigenvalue weighted by Crippen LogP contribution is 2.52. The van der Waals surface area contributed by atoms with Crippen LogP contribution in [0.25, 0.3) is 0 Å². The summed E-state index contributed by atoms with van der Waals surface area (Å²) in [6.45, 7) is 0.235. The van der Waals surface area contributed by atoms with Crippen LogP contribution in [0.2, 0.25) is 15.1 Å². The number of rotatable bonds is 5. The van der Waals surface area contributed by atoms with Crippen LogP contribution >= 0.6 is 34.8 Å². The Balaban J connectivity index is 1.27. The number of nitrogens with zero attached hydrogens (tertiary/aromatic N) is 2. The number of benzene rings is 2. The Morgan fingerprint density at radius 2 is 1.68 bits per heavy atom. The van der Waals surface area contributed by atoms with Crippen LogP contribution in [0.3, 0.4) is 0 Å². The summed E-state index contributed by atoms with van der Waals surface area (Å²) in [7, 11) is 0. The molecule has 31 heavy (non-hydrogen) atoms. The highest BCUT2D eigenvalue weighted by Gasteiger charge is 2.59. The van der Waals surface area contributed by atoms with E-state index in [1.165, 1.54) is 6.21 Å². The molecule has 2 aromatic rings. The molecule has 0 N–H and O–H groups in total. The number of hydrogen-bond donors (Lipinski definition) is 0. The average Bonchev–Trinajstić information content (AvgIpc) is 3.41. The number of imide groups is 1. The molecule has 2 aromatic carbocycles. The van der Waals surface area contributed by atoms with Gasteiger partial charge in [0.2, 0.25) is 0 Å². The summed E-state index contributed by atoms with van der Waals surface area (Å²) in [6.07, 6.45) is 6.47. The SMILES string of the molecule is O=C1[C@@H]2[C@H](C(=O)N1N=Cc1ccc(OCc3ccc(Cl)cc3Cl)c(Cl)c1)[C@H]1C=C[C@H]2C1. The number of ether oxygens (including phenoxy) is 1. The van der Waals surface area contributed by atoms with E-state index in [9.17, 15) is 9.59 Å². The van der Waals surface area contributed by atoms with Gasteiger partial charge in [-0.15, -0.1) is 0 Å². The van der Waals surface area contributed by atoms with E-state index in [0.717, 1.165) is 17.0 Å². The Morgan fingerprint density at radius 3 is 2.32 bits per heavy atom. The summed E-state index contributed by atoms with van der Waals surface area (Å²) in [4.78, 5) is 25.4. The van der Waals surface area contributed by atoms with E-state index < -0.39 is 0 Å². The van der Waals surface area contributed by atoms with Gasteiger partial charge in [0.05, 0.1) is 23.1 Å². The van der Waals surface area contributed by atoms with Gasteiger partial charge in [-0.05, 0) is 54.2 Å². The summed E-state index contributed by atoms with van der Waals surface area (Å²) >= 11 is 18.4. The first-order valence-electron chi connectivity index (χ1n) is 9.89. The molecular formula is C23H17Cl3N2O3. The van der Waals surface area contributed by atoms with Crippen molar-refractivity contribution in [3.63, 3.8) is 0 Å². The molecule has 0 unspecified atom stereocenters. The normalized spacial score (nSPS) is 26.4. The highest BCUT2D eigenvalue weighted by atomic mass is 35.5. The number of hydrazone groups is 1. The molecule has 1 heterocycles. The molecule has 3 aliphatic rings. The zero-order valence-electron chi connectivity index (χ0n) is 16.2. The van der Waals surface area contributed by atoms with Gasteiger partial charge in [0, 0.05) is 15.6 Å². The minimum Gasteiger partial charge on any atom is -0.487 e. The van der Waals surface area contributed by atoms with Gasteiger partial charge in [0.25, 0.3) is 11.8 Å². The van der Waals surface area contributed by atoms with Gasteiger partial charge in [-0.2, -0.15) is 10.1 Å². The lowest BCUT2D eigenvalue weighted by molar-refractivity contribution is -0.140. The average molecular weight is 476 g/mol. The van der Waals surface area contributed by atoms with Crippen molar-refractivity contribution < 1.29 is 14.3 Å². The second-order valence-corrected chi connectivity index (χ2v) is 9.20. The van der Waals surface area contributed by atoms with Gasteiger partial charge >= 0.3 is 0 Å². The van der Waals surface area contributed by atoms with E-state index in [0.29, 0.717) is 26.4 Å². The van der Waals surface area contributed by atoms with Gasteiger partial charge in [0.1, 0.15) is 12.4 Å². The molecule has 2 amide bonds. The monoisotopic (exact) mass is 474 g/mol. The number of halogens is 3. The maximum Gasteiger partial charge on any atom is 0.254 e. The Kier molecular flexibility index (Phi) is 5.29. The highest BCUT2D eigenvalue weighted by molar-refractivity contribution is 6.35. The van der Waals surface area contributed by atoms with Crippen LogP contribution in [0.5, 0.6) is 5.75 Å². The van der Waals surface area contributed by atoms with Crippen molar-refractivity contribution in [1.29, 1.82) is 0 Å². The third-order valence-corrected chi connectivity index (χ3v) is 7.01. The molecule has 1 saturated carbocycles. The van der Waals surface area contributed by atoms with Gasteiger partial charge in [-0.25, -0.2) is 0 Å². The van der Waals surface area contributed by atoms with Crippen molar-refractivity contribution in [1.82, 2.24) is 5.01 Å². The first-order valence-corrected chi connectivity index (χ1v) is 11.0. The number of amides is 2. The lowest BCUT2D eigenvalue weighted by atomic mass is 9.85. The number of carbonyl (C=O) groups excluding carboxylic acids is 2. The van der Waals surface area contributed by atoms with E-state index in [1.807, 2.05) is 0 Å². The molecule has 8 heteroatoms. The quantitative estimate of drug-likeness (QED) is 0.332. The minimum absolute atomic E-state index is 0.159. The smallest absolute Gasteiger partial charge is 0.254 e. The maximum absolute atomic E-state index is 12.7. The summed E-state index contributed by atoms with van der Waals surface area (Å²) in [5, 5.41) is 6.64. The second-order valence-electron chi connectivity index (χ2n) is 7.95. The molecule has 5 nitrogen and oxygen atoms in total. The van der Waals surface area contributed by atoms with Crippen molar-refractivity contribution in [2.24, 2.45) is 28.8 Å². The minimum atomic E-state index is -0.265. The maximum atomic E-state index is 12.7. The Morgan fingerprint density at radius 1 is 0.968 bits per heavy atom. The van der Waals surface area contributed by atoms with Gasteiger partial charge in [-0.3, -0.25) is 9.59 Å². The molecule has 0 radical (unpaired) electrons. The molecule has 4 atom stereocenters. The van der Waals surface area contributed by atoms with Crippen LogP contribution < -0.4 is 4.74 Å². The Bertz CT molecular complexity index is 1120. The number of carbonyl (C=O) groups is 2. The van der Waals surface area contributed by atoms with Gasteiger partial charge < -0.3 is 4.74 Å². The van der Waals surface area contributed by atoms with E-state index in [2.05, 4.69) is 17.3 Å². The lowest BCUT2D eigenvalue weighted by Gasteiger charge is -2.13. The van der Waals surface area contributed by atoms with E-state index in [4.69, 9.17) is 39.5 Å². The first kappa shape index (κ1) is 20.6. The van der Waals surface area contributed by atoms with Crippen molar-refractivity contribution in [2.45, 2.75) is 13.0 Å². The van der Waals surface area contributed by atoms with Crippen LogP contribution in [-0.4, -0.2) is 23.0 Å². The fraction of sp³-hybridized carbons (Fsp3) is 0.261. The topological polar surface area (TPSA) is 59.0 Å². The Hall–Kier alpha value is -2.34. The summed E-state index contributed by atoms with van der Waals surface area (Å²) in [5.74, 6) is -0.158. The number of hydrogen-bond acceptors (Lipinski definition) is 4. The molecule has 0 aromatic heterocycles. The standard InChI is InChI=1S/C23H17Cl3N2O3/c24-16-5-4-15(17(25)9-16)11-31-19-6-1-12(7-18(19)26)10-27-28-22(29)20-13-2-3-14(8-13)21(20)23(28)30/h1-7,9-10,13-14,20-21H,8,11H2/t13-,14-,20-,21+/m0/s1. The van der Waals surface area contributed by atoms with Crippen LogP contribution in [0.4, 0.5) is 0 Å². The molecule has 2 fully saturated rings. The van der Waals surface area contributed by atoms with E-state index in [-0.39, 0.29) is 42.1 Å². The van der Waals surface area contributed by atoms with Crippen molar-refractivity contribution >= 4 is 52.8 Å². The summed E-state index contributed by atoms with van der Waals surface area (Å²) in [6, 6.07) is 10.3. The zero-order chi connectivity index (χ0) is 21.7. The van der Waals surface area contributed by atoms with Crippen LogP contribution in [-0.2, 0) is 16.2 Å². The third kappa shape index (κ3) is 3.65. The van der Waals surface area contributed by atoms with Crippen molar-refractivity contribution in [3.8, 4) is 5.75 Å². The number of allylic oxidation sites excluding steroid dienone is 2. The Labute approximate surface area is 194 Å². The fourth-order valence-electron chi connectivity index (χ4n) is 4.63. The molecule has 158 valence electrons. The molecule has 2 aliphatic carbocycles. The van der Waals surface area contributed by atoms with Gasteiger partial charge in [-0.1, -0.05) is 53.0 Å². The molecule has 0 spiro atoms. The van der Waals surface area contributed by atoms with Crippen LogP contribution in [0.15, 0.2) is 53.7 Å². The van der Waals surface area contributed by atoms with Crippen LogP contribution in [0, 0.1) is 23.7 Å². The fourth-order valence-corrected chi connectivity index (χ4v) is 5.34.